The molecule has 0 saturated carbocycles. The average Bonchev–Trinajstić information content (AvgIpc) is 2.94. The van der Waals surface area contributed by atoms with Crippen molar-refractivity contribution in [3.63, 3.8) is 0 Å². The number of hydrogen-bond acceptors (Lipinski definition) is 7. The van der Waals surface area contributed by atoms with Gasteiger partial charge < -0.3 is 4.74 Å². The van der Waals surface area contributed by atoms with Crippen LogP contribution in [0.1, 0.15) is 17.3 Å². The molecule has 8 nitrogen and oxygen atoms in total. The highest BCUT2D eigenvalue weighted by Gasteiger charge is 2.38. The van der Waals surface area contributed by atoms with E-state index in [-0.39, 0.29) is 0 Å². The summed E-state index contributed by atoms with van der Waals surface area (Å²) in [5.74, 6) is -0.353. The van der Waals surface area contributed by atoms with Gasteiger partial charge in [-0.15, -0.1) is 0 Å². The molecule has 1 unspecified atom stereocenters. The molecule has 0 N–H and O–H groups in total. The Morgan fingerprint density at radius 3 is 2.48 bits per heavy atom. The molecule has 1 aliphatic heterocycles. The molecule has 2 heterocycles. The van der Waals surface area contributed by atoms with Gasteiger partial charge in [-0.05, 0) is 43.3 Å². The van der Waals surface area contributed by atoms with E-state index in [1.165, 1.54) is 24.5 Å². The predicted molar refractivity (Wildman–Crippen MR) is 89.8 cm³/mol. The van der Waals surface area contributed by atoms with E-state index in [1.54, 1.807) is 38.3 Å². The van der Waals surface area contributed by atoms with Gasteiger partial charge in [0.1, 0.15) is 5.75 Å². The number of carbonyl (C=O) groups is 2. The van der Waals surface area contributed by atoms with E-state index >= 15 is 0 Å². The zero-order valence-electron chi connectivity index (χ0n) is 13.7. The molecule has 8 heteroatoms. The number of rotatable bonds is 4. The number of aromatic nitrogens is 1. The maximum atomic E-state index is 12.5. The van der Waals surface area contributed by atoms with Crippen LogP contribution in [0.4, 0.5) is 5.69 Å². The van der Waals surface area contributed by atoms with Crippen LogP contribution in [0, 0.1) is 0 Å². The molecule has 1 aromatic carbocycles. The summed E-state index contributed by atoms with van der Waals surface area (Å²) >= 11 is 0. The molecular weight excluding hydrogens is 322 g/mol. The van der Waals surface area contributed by atoms with Crippen LogP contribution in [-0.2, 0) is 4.79 Å². The highest BCUT2D eigenvalue weighted by Crippen LogP contribution is 2.21. The van der Waals surface area contributed by atoms with E-state index in [0.29, 0.717) is 22.7 Å². The lowest BCUT2D eigenvalue weighted by atomic mass is 10.2. The molecule has 3 rings (SSSR count). The number of pyridine rings is 1. The monoisotopic (exact) mass is 337 g/mol. The average molecular weight is 337 g/mol. The second-order valence-corrected chi connectivity index (χ2v) is 5.25. The van der Waals surface area contributed by atoms with E-state index in [9.17, 15) is 9.59 Å². The fourth-order valence-electron chi connectivity index (χ4n) is 2.22. The number of hydrogen-bond donors (Lipinski definition) is 0. The Bertz CT molecular complexity index is 846. The van der Waals surface area contributed by atoms with Crippen molar-refractivity contribution in [3.8, 4) is 5.75 Å². The minimum Gasteiger partial charge on any atom is -0.497 e. The molecule has 0 radical (unpaired) electrons. The number of methoxy groups -OCH3 is 1. The molecule has 0 bridgehead atoms. The summed E-state index contributed by atoms with van der Waals surface area (Å²) in [4.78, 5) is 28.7. The number of imide groups is 1. The predicted octanol–water partition coefficient (Wildman–Crippen LogP) is 2.60. The number of hydrazone groups is 1. The normalized spacial score (nSPS) is 17.0. The quantitative estimate of drug-likeness (QED) is 0.632. The summed E-state index contributed by atoms with van der Waals surface area (Å²) < 4.78 is 5.07. The molecule has 0 fully saturated rings. The van der Waals surface area contributed by atoms with Gasteiger partial charge in [0.25, 0.3) is 11.8 Å². The number of amides is 2. The Balaban J connectivity index is 1.75. The van der Waals surface area contributed by atoms with Crippen LogP contribution in [0.15, 0.2) is 64.1 Å². The largest absolute Gasteiger partial charge is 0.497 e. The summed E-state index contributed by atoms with van der Waals surface area (Å²) in [5.41, 5.74) is 1.30. The first-order chi connectivity index (χ1) is 12.1. The molecule has 0 saturated heterocycles. The van der Waals surface area contributed by atoms with Crippen molar-refractivity contribution in [1.29, 1.82) is 0 Å². The highest BCUT2D eigenvalue weighted by molar-refractivity contribution is 6.18. The van der Waals surface area contributed by atoms with E-state index in [2.05, 4.69) is 20.3 Å². The van der Waals surface area contributed by atoms with Crippen LogP contribution in [0.5, 0.6) is 5.75 Å². The Hall–Kier alpha value is -3.42. The van der Waals surface area contributed by atoms with Crippen molar-refractivity contribution in [2.24, 2.45) is 15.3 Å². The van der Waals surface area contributed by atoms with Crippen molar-refractivity contribution in [1.82, 2.24) is 9.99 Å². The Labute approximate surface area is 143 Å². The minimum absolute atomic E-state index is 0.327. The zero-order chi connectivity index (χ0) is 17.8. The molecule has 25 heavy (non-hydrogen) atoms. The first-order valence-corrected chi connectivity index (χ1v) is 7.48. The van der Waals surface area contributed by atoms with Crippen LogP contribution in [-0.4, -0.2) is 40.7 Å². The number of ether oxygens (including phenoxy) is 1. The fourth-order valence-corrected chi connectivity index (χ4v) is 2.22. The lowest BCUT2D eigenvalue weighted by Gasteiger charge is -2.10. The molecule has 0 spiro atoms. The molecule has 2 aromatic rings. The van der Waals surface area contributed by atoms with Gasteiger partial charge in [0, 0.05) is 18.0 Å². The van der Waals surface area contributed by atoms with Crippen LogP contribution >= 0.6 is 0 Å². The zero-order valence-corrected chi connectivity index (χ0v) is 13.7. The maximum absolute atomic E-state index is 12.5. The van der Waals surface area contributed by atoms with Gasteiger partial charge in [0.05, 0.1) is 18.5 Å². The SMILES string of the molecule is COc1ccc(N=NC2C(=O)N(C(=O)c3ccncc3)N=C2C)cc1. The van der Waals surface area contributed by atoms with E-state index in [1.807, 2.05) is 0 Å². The van der Waals surface area contributed by atoms with Crippen molar-refractivity contribution >= 4 is 23.2 Å². The fraction of sp³-hybridized carbons (Fsp3) is 0.176. The molecule has 1 aliphatic rings. The number of benzene rings is 1. The van der Waals surface area contributed by atoms with Gasteiger partial charge in [-0.1, -0.05) is 0 Å². The molecule has 1 aromatic heterocycles. The van der Waals surface area contributed by atoms with Crippen LogP contribution in [0.2, 0.25) is 0 Å². The van der Waals surface area contributed by atoms with Gasteiger partial charge in [0.15, 0.2) is 6.04 Å². The number of azo groups is 1. The van der Waals surface area contributed by atoms with Gasteiger partial charge in [-0.3, -0.25) is 14.6 Å². The Morgan fingerprint density at radius 2 is 1.84 bits per heavy atom. The molecule has 2 amide bonds. The summed E-state index contributed by atoms with van der Waals surface area (Å²) in [7, 11) is 1.57. The first-order valence-electron chi connectivity index (χ1n) is 7.48. The Morgan fingerprint density at radius 1 is 1.16 bits per heavy atom. The van der Waals surface area contributed by atoms with Crippen LogP contribution in [0.25, 0.3) is 0 Å². The molecule has 126 valence electrons. The van der Waals surface area contributed by atoms with Crippen molar-refractivity contribution < 1.29 is 14.3 Å². The second kappa shape index (κ2) is 7.00. The third kappa shape index (κ3) is 3.42. The second-order valence-electron chi connectivity index (χ2n) is 5.25. The molecule has 1 atom stereocenters. The highest BCUT2D eigenvalue weighted by atomic mass is 16.5. The van der Waals surface area contributed by atoms with Gasteiger partial charge in [-0.25, -0.2) is 0 Å². The third-order valence-corrected chi connectivity index (χ3v) is 3.58. The number of nitrogens with zero attached hydrogens (tertiary/aromatic N) is 5. The summed E-state index contributed by atoms with van der Waals surface area (Å²) in [6.45, 7) is 1.63. The van der Waals surface area contributed by atoms with Gasteiger partial charge >= 0.3 is 0 Å². The minimum atomic E-state index is -0.909. The van der Waals surface area contributed by atoms with Gasteiger partial charge in [-0.2, -0.15) is 20.3 Å². The van der Waals surface area contributed by atoms with Crippen LogP contribution in [0.3, 0.4) is 0 Å². The lowest BCUT2D eigenvalue weighted by molar-refractivity contribution is -0.127. The van der Waals surface area contributed by atoms with Gasteiger partial charge in [0.2, 0.25) is 0 Å². The molecule has 0 aliphatic carbocycles. The van der Waals surface area contributed by atoms with Crippen LogP contribution < -0.4 is 4.74 Å². The maximum Gasteiger partial charge on any atom is 0.282 e. The van der Waals surface area contributed by atoms with E-state index in [4.69, 9.17) is 4.74 Å². The number of carbonyl (C=O) groups excluding carboxylic acids is 2. The van der Waals surface area contributed by atoms with E-state index < -0.39 is 17.9 Å². The van der Waals surface area contributed by atoms with E-state index in [0.717, 1.165) is 5.01 Å². The standard InChI is InChI=1S/C17H15N5O3/c1-11-15(20-19-13-3-5-14(25-2)6-4-13)17(24)22(21-11)16(23)12-7-9-18-10-8-12/h3-10,15H,1-2H3. The first kappa shape index (κ1) is 16.4. The van der Waals surface area contributed by atoms with Crippen molar-refractivity contribution in [3.05, 3.63) is 54.4 Å². The topological polar surface area (TPSA) is 96.6 Å². The Kier molecular flexibility index (Phi) is 4.60. The lowest BCUT2D eigenvalue weighted by Crippen LogP contribution is -2.34. The summed E-state index contributed by atoms with van der Waals surface area (Å²) in [6, 6.07) is 9.05. The summed E-state index contributed by atoms with van der Waals surface area (Å²) in [5, 5.41) is 12.9. The molecular formula is C17H15N5O3. The summed E-state index contributed by atoms with van der Waals surface area (Å²) in [6.07, 6.45) is 2.95. The van der Waals surface area contributed by atoms with Crippen molar-refractivity contribution in [2.45, 2.75) is 13.0 Å². The smallest absolute Gasteiger partial charge is 0.282 e. The third-order valence-electron chi connectivity index (χ3n) is 3.58. The van der Waals surface area contributed by atoms with Crippen molar-refractivity contribution in [2.75, 3.05) is 7.11 Å².